The number of hydrogen-bond acceptors (Lipinski definition) is 3. The number of nitrogens with zero attached hydrogens (tertiary/aromatic N) is 2. The molecule has 24 heavy (non-hydrogen) atoms. The molecule has 2 aliphatic carbocycles. The lowest BCUT2D eigenvalue weighted by Crippen LogP contribution is -2.40. The van der Waals surface area contributed by atoms with E-state index in [-0.39, 0.29) is 17.7 Å². The van der Waals surface area contributed by atoms with Crippen molar-refractivity contribution in [1.29, 1.82) is 0 Å². The molecule has 3 aliphatic rings. The molecule has 1 aliphatic heterocycles. The molecule has 2 fully saturated rings. The van der Waals surface area contributed by atoms with Gasteiger partial charge in [0.15, 0.2) is 0 Å². The average molecular weight is 330 g/mol. The van der Waals surface area contributed by atoms with Gasteiger partial charge in [-0.1, -0.05) is 12.8 Å². The third kappa shape index (κ3) is 3.32. The largest absolute Gasteiger partial charge is 0.353 e. The van der Waals surface area contributed by atoms with Gasteiger partial charge in [-0.3, -0.25) is 9.59 Å². The van der Waals surface area contributed by atoms with Crippen molar-refractivity contribution in [2.75, 3.05) is 6.54 Å². The molecule has 1 aromatic rings. The van der Waals surface area contributed by atoms with E-state index in [2.05, 4.69) is 15.6 Å². The van der Waals surface area contributed by atoms with Crippen LogP contribution in [0.1, 0.15) is 61.1 Å². The Labute approximate surface area is 142 Å². The molecule has 0 spiro atoms. The van der Waals surface area contributed by atoms with Crippen LogP contribution in [0, 0.1) is 11.8 Å². The predicted molar refractivity (Wildman–Crippen MR) is 89.5 cm³/mol. The van der Waals surface area contributed by atoms with E-state index in [4.69, 9.17) is 0 Å². The van der Waals surface area contributed by atoms with Gasteiger partial charge in [0.25, 0.3) is 5.91 Å². The van der Waals surface area contributed by atoms with E-state index in [0.717, 1.165) is 37.9 Å². The molecular weight excluding hydrogens is 304 g/mol. The lowest BCUT2D eigenvalue weighted by molar-refractivity contribution is -0.126. The Morgan fingerprint density at radius 3 is 2.71 bits per heavy atom. The Kier molecular flexibility index (Phi) is 4.29. The third-order valence-electron chi connectivity index (χ3n) is 5.63. The summed E-state index contributed by atoms with van der Waals surface area (Å²) in [6.07, 6.45) is 10.4. The number of aromatic nitrogens is 2. The Bertz CT molecular complexity index is 629. The van der Waals surface area contributed by atoms with Gasteiger partial charge in [0.2, 0.25) is 5.91 Å². The highest BCUT2D eigenvalue weighted by Gasteiger charge is 2.30. The predicted octanol–water partition coefficient (Wildman–Crippen LogP) is 1.64. The van der Waals surface area contributed by atoms with Crippen LogP contribution in [0.3, 0.4) is 0 Å². The molecule has 6 nitrogen and oxygen atoms in total. The minimum Gasteiger partial charge on any atom is -0.353 e. The summed E-state index contributed by atoms with van der Waals surface area (Å²) >= 11 is 0. The zero-order chi connectivity index (χ0) is 16.5. The van der Waals surface area contributed by atoms with Crippen molar-refractivity contribution < 1.29 is 9.59 Å². The van der Waals surface area contributed by atoms with Crippen LogP contribution in [-0.2, 0) is 17.8 Å². The van der Waals surface area contributed by atoms with Crippen LogP contribution >= 0.6 is 0 Å². The minimum atomic E-state index is -0.0653. The van der Waals surface area contributed by atoms with Gasteiger partial charge in [-0.25, -0.2) is 4.98 Å². The first-order valence-corrected chi connectivity index (χ1v) is 9.33. The highest BCUT2D eigenvalue weighted by molar-refractivity contribution is 5.93. The molecule has 2 saturated carbocycles. The molecule has 4 rings (SSSR count). The first kappa shape index (κ1) is 15.7. The topological polar surface area (TPSA) is 76.0 Å². The molecule has 0 bridgehead atoms. The highest BCUT2D eigenvalue weighted by Crippen LogP contribution is 2.28. The lowest BCUT2D eigenvalue weighted by Gasteiger charge is -2.25. The Balaban J connectivity index is 1.36. The fourth-order valence-corrected chi connectivity index (χ4v) is 3.90. The summed E-state index contributed by atoms with van der Waals surface area (Å²) in [5, 5.41) is 6.18. The summed E-state index contributed by atoms with van der Waals surface area (Å²) in [7, 11) is 0. The molecule has 1 aromatic heterocycles. The van der Waals surface area contributed by atoms with Crippen LogP contribution < -0.4 is 10.6 Å². The number of hydrogen-bond donors (Lipinski definition) is 2. The second kappa shape index (κ2) is 6.57. The van der Waals surface area contributed by atoms with Gasteiger partial charge in [-0.05, 0) is 44.4 Å². The Hall–Kier alpha value is -1.85. The molecule has 0 aromatic carbocycles. The maximum atomic E-state index is 12.5. The van der Waals surface area contributed by atoms with E-state index in [1.807, 2.05) is 4.57 Å². The summed E-state index contributed by atoms with van der Waals surface area (Å²) in [6, 6.07) is 0.366. The quantitative estimate of drug-likeness (QED) is 0.862. The number of carbonyl (C=O) groups excluding carboxylic acids is 2. The van der Waals surface area contributed by atoms with Crippen LogP contribution in [-0.4, -0.2) is 34.0 Å². The molecule has 2 N–H and O–H groups in total. The number of nitrogens with one attached hydrogen (secondary N) is 2. The number of rotatable bonds is 5. The van der Waals surface area contributed by atoms with E-state index in [1.165, 1.54) is 25.7 Å². The van der Waals surface area contributed by atoms with Crippen molar-refractivity contribution >= 4 is 11.8 Å². The van der Waals surface area contributed by atoms with E-state index >= 15 is 0 Å². The monoisotopic (exact) mass is 330 g/mol. The SMILES string of the molecule is O=C(NCC1CC1)c1ncn2c1CCC(C(=O)NC1CCCC1)C2. The van der Waals surface area contributed by atoms with Crippen molar-refractivity contribution in [1.82, 2.24) is 20.2 Å². The van der Waals surface area contributed by atoms with Gasteiger partial charge in [-0.15, -0.1) is 0 Å². The molecule has 1 unspecified atom stereocenters. The third-order valence-corrected chi connectivity index (χ3v) is 5.63. The van der Waals surface area contributed by atoms with E-state index in [9.17, 15) is 9.59 Å². The second-order valence-corrected chi connectivity index (χ2v) is 7.57. The highest BCUT2D eigenvalue weighted by atomic mass is 16.2. The lowest BCUT2D eigenvalue weighted by atomic mass is 9.95. The van der Waals surface area contributed by atoms with E-state index < -0.39 is 0 Å². The number of amides is 2. The molecule has 0 saturated heterocycles. The van der Waals surface area contributed by atoms with Crippen molar-refractivity contribution in [3.63, 3.8) is 0 Å². The first-order valence-electron chi connectivity index (χ1n) is 9.33. The maximum absolute atomic E-state index is 12.5. The summed E-state index contributed by atoms with van der Waals surface area (Å²) in [5.74, 6) is 0.760. The van der Waals surface area contributed by atoms with Crippen LogP contribution in [0.25, 0.3) is 0 Å². The number of carbonyl (C=O) groups is 2. The molecular formula is C18H26N4O2. The normalized spacial score (nSPS) is 23.8. The van der Waals surface area contributed by atoms with Crippen molar-refractivity contribution in [3.8, 4) is 0 Å². The summed E-state index contributed by atoms with van der Waals surface area (Å²) in [5.41, 5.74) is 1.53. The fourth-order valence-electron chi connectivity index (χ4n) is 3.90. The standard InChI is InChI=1S/C18H26N4O2/c23-17(21-14-3-1-2-4-14)13-7-8-15-16(20-11-22(15)10-13)18(24)19-9-12-5-6-12/h11-14H,1-10H2,(H,19,24)(H,21,23). The van der Waals surface area contributed by atoms with Gasteiger partial charge in [0, 0.05) is 19.1 Å². The summed E-state index contributed by atoms with van der Waals surface area (Å²) in [4.78, 5) is 29.1. The molecule has 1 atom stereocenters. The minimum absolute atomic E-state index is 0.00493. The zero-order valence-electron chi connectivity index (χ0n) is 14.1. The van der Waals surface area contributed by atoms with Gasteiger partial charge >= 0.3 is 0 Å². The second-order valence-electron chi connectivity index (χ2n) is 7.57. The van der Waals surface area contributed by atoms with Gasteiger partial charge < -0.3 is 15.2 Å². The van der Waals surface area contributed by atoms with Crippen molar-refractivity contribution in [3.05, 3.63) is 17.7 Å². The van der Waals surface area contributed by atoms with E-state index in [0.29, 0.717) is 24.2 Å². The van der Waals surface area contributed by atoms with E-state index in [1.54, 1.807) is 6.33 Å². The average Bonchev–Trinajstić information content (AvgIpc) is 3.09. The van der Waals surface area contributed by atoms with Crippen molar-refractivity contribution in [2.24, 2.45) is 11.8 Å². The molecule has 0 radical (unpaired) electrons. The molecule has 2 heterocycles. The molecule has 6 heteroatoms. The Morgan fingerprint density at radius 2 is 1.96 bits per heavy atom. The van der Waals surface area contributed by atoms with Crippen LogP contribution in [0.15, 0.2) is 6.33 Å². The Morgan fingerprint density at radius 1 is 1.17 bits per heavy atom. The molecule has 2 amide bonds. The van der Waals surface area contributed by atoms with Gasteiger partial charge in [0.1, 0.15) is 5.69 Å². The smallest absolute Gasteiger partial charge is 0.271 e. The van der Waals surface area contributed by atoms with Crippen molar-refractivity contribution in [2.45, 2.75) is 64.0 Å². The number of fused-ring (bicyclic) bond motifs is 1. The van der Waals surface area contributed by atoms with Gasteiger partial charge in [-0.2, -0.15) is 0 Å². The molecule has 130 valence electrons. The fraction of sp³-hybridized carbons (Fsp3) is 0.722. The van der Waals surface area contributed by atoms with Crippen LogP contribution in [0.2, 0.25) is 0 Å². The van der Waals surface area contributed by atoms with Gasteiger partial charge in [0.05, 0.1) is 17.9 Å². The maximum Gasteiger partial charge on any atom is 0.271 e. The van der Waals surface area contributed by atoms with Crippen LogP contribution in [0.5, 0.6) is 0 Å². The first-order chi connectivity index (χ1) is 11.7. The van der Waals surface area contributed by atoms with Crippen LogP contribution in [0.4, 0.5) is 0 Å². The zero-order valence-corrected chi connectivity index (χ0v) is 14.1. The summed E-state index contributed by atoms with van der Waals surface area (Å²) in [6.45, 7) is 1.40. The number of imidazole rings is 1. The summed E-state index contributed by atoms with van der Waals surface area (Å²) < 4.78 is 1.99.